The molecule has 1 aliphatic rings. The van der Waals surface area contributed by atoms with Gasteiger partial charge in [0.1, 0.15) is 11.0 Å². The molecule has 0 unspecified atom stereocenters. The van der Waals surface area contributed by atoms with Crippen molar-refractivity contribution in [3.63, 3.8) is 0 Å². The molecule has 10 heteroatoms. The van der Waals surface area contributed by atoms with Gasteiger partial charge in [0.05, 0.1) is 18.5 Å². The zero-order chi connectivity index (χ0) is 20.3. The van der Waals surface area contributed by atoms with Crippen molar-refractivity contribution in [2.45, 2.75) is 70.0 Å². The van der Waals surface area contributed by atoms with Gasteiger partial charge >= 0.3 is 0 Å². The molecule has 0 radical (unpaired) electrons. The number of aromatic nitrogens is 4. The second-order valence-electron chi connectivity index (χ2n) is 6.90. The first-order valence-corrected chi connectivity index (χ1v) is 10.9. The monoisotopic (exact) mass is 409 g/mol. The van der Waals surface area contributed by atoms with Crippen LogP contribution in [0.3, 0.4) is 0 Å². The Balaban J connectivity index is 1.62. The first-order chi connectivity index (χ1) is 13.4. The first kappa shape index (κ1) is 20.5. The Morgan fingerprint density at radius 3 is 2.36 bits per heavy atom. The number of hydrogen-bond donors (Lipinski definition) is 1. The van der Waals surface area contributed by atoms with Gasteiger partial charge < -0.3 is 9.47 Å². The summed E-state index contributed by atoms with van der Waals surface area (Å²) in [5, 5.41) is 4.32. The summed E-state index contributed by atoms with van der Waals surface area (Å²) in [5.41, 5.74) is 1.19. The maximum absolute atomic E-state index is 12.9. The molecule has 1 N–H and O–H groups in total. The van der Waals surface area contributed by atoms with Crippen LogP contribution in [0.15, 0.2) is 17.3 Å². The molecule has 0 aromatic carbocycles. The van der Waals surface area contributed by atoms with E-state index in [0.29, 0.717) is 42.5 Å². The molecule has 0 spiro atoms. The van der Waals surface area contributed by atoms with E-state index in [0.717, 1.165) is 12.8 Å². The zero-order valence-electron chi connectivity index (χ0n) is 16.7. The topological polar surface area (TPSA) is 108 Å². The lowest BCUT2D eigenvalue weighted by Crippen LogP contribution is -2.40. The number of hydrogen-bond acceptors (Lipinski definition) is 7. The average Bonchev–Trinajstić information content (AvgIpc) is 2.97. The number of ether oxygens (including phenoxy) is 2. The molecule has 9 nitrogen and oxygen atoms in total. The van der Waals surface area contributed by atoms with Gasteiger partial charge in [0.25, 0.3) is 11.8 Å². The molecule has 2 aromatic heterocycles. The molecule has 3 rings (SSSR count). The van der Waals surface area contributed by atoms with E-state index in [1.807, 2.05) is 6.92 Å². The van der Waals surface area contributed by atoms with Crippen LogP contribution in [0.5, 0.6) is 11.8 Å². The van der Waals surface area contributed by atoms with Crippen molar-refractivity contribution in [2.24, 2.45) is 0 Å². The number of nitrogens with zero attached hydrogens (tertiary/aromatic N) is 4. The summed E-state index contributed by atoms with van der Waals surface area (Å²) >= 11 is 0. The minimum absolute atomic E-state index is 0.0438. The number of nitrogens with one attached hydrogen (secondary N) is 1. The normalized spacial score (nSPS) is 20.1. The van der Waals surface area contributed by atoms with Crippen LogP contribution >= 0.6 is 0 Å². The molecule has 2 aromatic rings. The molecule has 0 bridgehead atoms. The predicted molar refractivity (Wildman–Crippen MR) is 103 cm³/mol. The van der Waals surface area contributed by atoms with Crippen molar-refractivity contribution in [1.29, 1.82) is 0 Å². The number of aryl methyl sites for hydroxylation is 2. The van der Waals surface area contributed by atoms with E-state index in [1.54, 1.807) is 30.9 Å². The van der Waals surface area contributed by atoms with Gasteiger partial charge in [-0.25, -0.2) is 23.1 Å². The smallest absolute Gasteiger partial charge is 0.278 e. The quantitative estimate of drug-likeness (QED) is 0.745. The fourth-order valence-corrected chi connectivity index (χ4v) is 5.36. The van der Waals surface area contributed by atoms with Crippen molar-refractivity contribution >= 4 is 10.0 Å². The van der Waals surface area contributed by atoms with Crippen LogP contribution in [0.4, 0.5) is 0 Å². The van der Waals surface area contributed by atoms with E-state index >= 15 is 0 Å². The van der Waals surface area contributed by atoms with Crippen LogP contribution in [-0.4, -0.2) is 47.4 Å². The maximum atomic E-state index is 12.9. The Hall–Kier alpha value is -2.20. The highest BCUT2D eigenvalue weighted by atomic mass is 32.2. The third-order valence-corrected chi connectivity index (χ3v) is 6.76. The summed E-state index contributed by atoms with van der Waals surface area (Å²) in [5.74, 6) is 0.719. The summed E-state index contributed by atoms with van der Waals surface area (Å²) in [6.45, 7) is 6.09. The van der Waals surface area contributed by atoms with Gasteiger partial charge in [-0.15, -0.1) is 0 Å². The molecule has 1 fully saturated rings. The minimum Gasteiger partial charge on any atom is -0.477 e. The van der Waals surface area contributed by atoms with Crippen LogP contribution in [0, 0.1) is 13.8 Å². The fraction of sp³-hybridized carbons (Fsp3) is 0.611. The van der Waals surface area contributed by atoms with Crippen LogP contribution in [0.1, 0.15) is 44.0 Å². The lowest BCUT2D eigenvalue weighted by Gasteiger charge is -2.29. The summed E-state index contributed by atoms with van der Waals surface area (Å²) < 4.78 is 41.4. The highest BCUT2D eigenvalue weighted by Gasteiger charge is 2.30. The molecule has 2 heterocycles. The van der Waals surface area contributed by atoms with Crippen molar-refractivity contribution in [3.05, 3.63) is 23.8 Å². The molecule has 1 aliphatic carbocycles. The lowest BCUT2D eigenvalue weighted by molar-refractivity contribution is 0.132. The molecule has 28 heavy (non-hydrogen) atoms. The first-order valence-electron chi connectivity index (χ1n) is 9.43. The SMILES string of the molecule is CCn1nc(C)c(S(=O)(=O)NC2CCC(Oc3nccnc3OC)CC2)c1C. The van der Waals surface area contributed by atoms with E-state index < -0.39 is 10.0 Å². The van der Waals surface area contributed by atoms with Gasteiger partial charge in [0.2, 0.25) is 10.0 Å². The van der Waals surface area contributed by atoms with Crippen molar-refractivity contribution < 1.29 is 17.9 Å². The molecule has 0 aliphatic heterocycles. The molecule has 1 saturated carbocycles. The number of rotatable bonds is 7. The van der Waals surface area contributed by atoms with Crippen LogP contribution in [0.25, 0.3) is 0 Å². The average molecular weight is 410 g/mol. The van der Waals surface area contributed by atoms with Crippen LogP contribution < -0.4 is 14.2 Å². The maximum Gasteiger partial charge on any atom is 0.278 e. The molecular formula is C18H27N5O4S. The van der Waals surface area contributed by atoms with Gasteiger partial charge in [-0.1, -0.05) is 0 Å². The van der Waals surface area contributed by atoms with Gasteiger partial charge in [-0.05, 0) is 46.5 Å². The van der Waals surface area contributed by atoms with Gasteiger partial charge in [0, 0.05) is 25.0 Å². The van der Waals surface area contributed by atoms with Crippen LogP contribution in [0.2, 0.25) is 0 Å². The summed E-state index contributed by atoms with van der Waals surface area (Å²) in [7, 11) is -2.09. The molecule has 0 amide bonds. The van der Waals surface area contributed by atoms with Crippen molar-refractivity contribution in [1.82, 2.24) is 24.5 Å². The lowest BCUT2D eigenvalue weighted by atomic mass is 9.94. The Morgan fingerprint density at radius 2 is 1.79 bits per heavy atom. The van der Waals surface area contributed by atoms with Crippen molar-refractivity contribution in [2.75, 3.05) is 7.11 Å². The Kier molecular flexibility index (Phi) is 6.19. The van der Waals surface area contributed by atoms with E-state index in [2.05, 4.69) is 19.8 Å². The summed E-state index contributed by atoms with van der Waals surface area (Å²) in [6.07, 6.45) is 5.87. The van der Waals surface area contributed by atoms with E-state index in [-0.39, 0.29) is 17.0 Å². The molecule has 0 atom stereocenters. The van der Waals surface area contributed by atoms with Gasteiger partial charge in [0.15, 0.2) is 0 Å². The highest BCUT2D eigenvalue weighted by Crippen LogP contribution is 2.28. The van der Waals surface area contributed by atoms with Gasteiger partial charge in [-0.3, -0.25) is 4.68 Å². The molecule has 154 valence electrons. The predicted octanol–water partition coefficient (Wildman–Crippen LogP) is 1.99. The molecular weight excluding hydrogens is 382 g/mol. The third-order valence-electron chi connectivity index (χ3n) is 4.98. The largest absolute Gasteiger partial charge is 0.477 e. The Labute approximate surface area is 165 Å². The van der Waals surface area contributed by atoms with E-state index in [1.165, 1.54) is 7.11 Å². The second kappa shape index (κ2) is 8.44. The zero-order valence-corrected chi connectivity index (χ0v) is 17.5. The Bertz CT molecular complexity index is 920. The number of sulfonamides is 1. The van der Waals surface area contributed by atoms with Crippen LogP contribution in [-0.2, 0) is 16.6 Å². The second-order valence-corrected chi connectivity index (χ2v) is 8.55. The Morgan fingerprint density at radius 1 is 1.14 bits per heavy atom. The van der Waals surface area contributed by atoms with E-state index in [4.69, 9.17) is 9.47 Å². The standard InChI is InChI=1S/C18H27N5O4S/c1-5-23-13(3)16(12(2)21-23)28(24,25)22-14-6-8-15(9-7-14)27-18-17(26-4)19-10-11-20-18/h10-11,14-15,22H,5-9H2,1-4H3. The highest BCUT2D eigenvalue weighted by molar-refractivity contribution is 7.89. The van der Waals surface area contributed by atoms with E-state index in [9.17, 15) is 8.42 Å². The van der Waals surface area contributed by atoms with Crippen molar-refractivity contribution in [3.8, 4) is 11.8 Å². The third kappa shape index (κ3) is 4.27. The van der Waals surface area contributed by atoms with Gasteiger partial charge in [-0.2, -0.15) is 5.10 Å². The molecule has 0 saturated heterocycles. The summed E-state index contributed by atoms with van der Waals surface area (Å²) in [4.78, 5) is 8.53. The number of methoxy groups -OCH3 is 1. The fourth-order valence-electron chi connectivity index (χ4n) is 3.65. The summed E-state index contributed by atoms with van der Waals surface area (Å²) in [6, 6.07) is -0.127. The minimum atomic E-state index is -3.61.